The largest absolute Gasteiger partial charge is 0.468 e. The lowest BCUT2D eigenvalue weighted by Crippen LogP contribution is -2.21. The molecule has 1 atom stereocenters. The highest BCUT2D eigenvalue weighted by Gasteiger charge is 2.17. The van der Waals surface area contributed by atoms with E-state index in [4.69, 9.17) is 0 Å². The summed E-state index contributed by atoms with van der Waals surface area (Å²) in [7, 11) is 1.30. The predicted octanol–water partition coefficient (Wildman–Crippen LogP) is 2.55. The molecular formula is C16H18FN3O3S. The number of ether oxygens (including phenoxy) is 1. The molecule has 1 unspecified atom stereocenters. The highest BCUT2D eigenvalue weighted by atomic mass is 32.2. The first kappa shape index (κ1) is 18.0. The summed E-state index contributed by atoms with van der Waals surface area (Å²) < 4.78 is 19.9. The molecule has 0 radical (unpaired) electrons. The molecule has 2 rings (SSSR count). The first-order valence-electron chi connectivity index (χ1n) is 7.23. The van der Waals surface area contributed by atoms with Crippen LogP contribution in [-0.2, 0) is 14.3 Å². The second kappa shape index (κ2) is 7.96. The molecule has 0 saturated carbocycles. The number of anilines is 1. The van der Waals surface area contributed by atoms with Crippen LogP contribution in [0.4, 0.5) is 10.2 Å². The molecule has 8 heteroatoms. The minimum Gasteiger partial charge on any atom is -0.468 e. The van der Waals surface area contributed by atoms with E-state index in [1.807, 2.05) is 0 Å². The first-order chi connectivity index (χ1) is 11.4. The van der Waals surface area contributed by atoms with Gasteiger partial charge in [0.15, 0.2) is 0 Å². The number of nitrogens with one attached hydrogen (secondary N) is 1. The van der Waals surface area contributed by atoms with Gasteiger partial charge < -0.3 is 10.1 Å². The van der Waals surface area contributed by atoms with Crippen LogP contribution in [0.15, 0.2) is 30.3 Å². The summed E-state index contributed by atoms with van der Waals surface area (Å²) in [6.07, 6.45) is 0. The van der Waals surface area contributed by atoms with E-state index in [1.165, 1.54) is 17.9 Å². The van der Waals surface area contributed by atoms with E-state index in [-0.39, 0.29) is 23.3 Å². The number of methoxy groups -OCH3 is 1. The van der Waals surface area contributed by atoms with Gasteiger partial charge in [0.05, 0.1) is 18.6 Å². The molecule has 0 bridgehead atoms. The Labute approximate surface area is 143 Å². The molecule has 0 aliphatic carbocycles. The fraction of sp³-hybridized carbons (Fsp3) is 0.312. The number of aromatic nitrogens is 2. The molecule has 0 spiro atoms. The molecule has 1 N–H and O–H groups in total. The third-order valence-electron chi connectivity index (χ3n) is 3.18. The van der Waals surface area contributed by atoms with Crippen molar-refractivity contribution in [2.45, 2.75) is 19.1 Å². The molecule has 1 aromatic heterocycles. The van der Waals surface area contributed by atoms with Gasteiger partial charge in [0.25, 0.3) is 0 Å². The molecular weight excluding hydrogens is 333 g/mol. The number of carbonyl (C=O) groups excluding carboxylic acids is 2. The molecule has 1 amide bonds. The number of hydrogen-bond donors (Lipinski definition) is 1. The summed E-state index contributed by atoms with van der Waals surface area (Å²) in [5, 5.41) is 6.46. The third kappa shape index (κ3) is 4.35. The number of benzene rings is 1. The zero-order chi connectivity index (χ0) is 17.7. The van der Waals surface area contributed by atoms with Crippen LogP contribution >= 0.6 is 11.8 Å². The van der Waals surface area contributed by atoms with Crippen LogP contribution in [0.3, 0.4) is 0 Å². The highest BCUT2D eigenvalue weighted by molar-refractivity contribution is 8.01. The quantitative estimate of drug-likeness (QED) is 0.810. The van der Waals surface area contributed by atoms with Crippen molar-refractivity contribution >= 4 is 29.5 Å². The standard InChI is InChI=1S/C16H18FN3O3S/c1-10-8-14(18-15(21)9-24-11(2)16(22)23-3)20(19-10)13-7-5-4-6-12(13)17/h4-8,11H,9H2,1-3H3,(H,18,21). The lowest BCUT2D eigenvalue weighted by atomic mass is 10.3. The van der Waals surface area contributed by atoms with E-state index in [1.54, 1.807) is 38.1 Å². The maximum atomic E-state index is 14.0. The predicted molar refractivity (Wildman–Crippen MR) is 90.8 cm³/mol. The molecule has 24 heavy (non-hydrogen) atoms. The van der Waals surface area contributed by atoms with Crippen molar-refractivity contribution in [3.63, 3.8) is 0 Å². The van der Waals surface area contributed by atoms with Crippen molar-refractivity contribution in [1.29, 1.82) is 0 Å². The number of carbonyl (C=O) groups is 2. The number of para-hydroxylation sites is 1. The minimum absolute atomic E-state index is 0.0672. The van der Waals surface area contributed by atoms with Crippen LogP contribution < -0.4 is 5.32 Å². The Morgan fingerprint density at radius 1 is 1.42 bits per heavy atom. The Balaban J connectivity index is 2.09. The first-order valence-corrected chi connectivity index (χ1v) is 8.28. The molecule has 2 aromatic rings. The monoisotopic (exact) mass is 351 g/mol. The smallest absolute Gasteiger partial charge is 0.318 e. The number of thioether (sulfide) groups is 1. The number of hydrogen-bond acceptors (Lipinski definition) is 5. The summed E-state index contributed by atoms with van der Waals surface area (Å²) in [5.41, 5.74) is 0.889. The van der Waals surface area contributed by atoms with Gasteiger partial charge in [-0.3, -0.25) is 9.59 Å². The van der Waals surface area contributed by atoms with Crippen LogP contribution in [0.25, 0.3) is 5.69 Å². The van der Waals surface area contributed by atoms with Crippen molar-refractivity contribution < 1.29 is 18.7 Å². The summed E-state index contributed by atoms with van der Waals surface area (Å²) in [6, 6.07) is 7.82. The normalized spacial score (nSPS) is 11.8. The molecule has 1 aromatic carbocycles. The highest BCUT2D eigenvalue weighted by Crippen LogP contribution is 2.20. The van der Waals surface area contributed by atoms with Crippen molar-refractivity contribution in [2.24, 2.45) is 0 Å². The summed E-state index contributed by atoms with van der Waals surface area (Å²) >= 11 is 1.16. The van der Waals surface area contributed by atoms with Gasteiger partial charge in [0, 0.05) is 6.07 Å². The van der Waals surface area contributed by atoms with E-state index < -0.39 is 11.1 Å². The van der Waals surface area contributed by atoms with Crippen LogP contribution in [0.5, 0.6) is 0 Å². The van der Waals surface area contributed by atoms with Crippen LogP contribution in [-0.4, -0.2) is 39.8 Å². The Bertz CT molecular complexity index is 748. The van der Waals surface area contributed by atoms with Gasteiger partial charge >= 0.3 is 5.97 Å². The molecule has 6 nitrogen and oxygen atoms in total. The maximum Gasteiger partial charge on any atom is 0.318 e. The summed E-state index contributed by atoms with van der Waals surface area (Å²) in [5.74, 6) is -0.704. The molecule has 0 saturated heterocycles. The van der Waals surface area contributed by atoms with E-state index in [0.717, 1.165) is 11.8 Å². The molecule has 128 valence electrons. The van der Waals surface area contributed by atoms with E-state index in [2.05, 4.69) is 15.2 Å². The van der Waals surface area contributed by atoms with Crippen molar-refractivity contribution in [2.75, 3.05) is 18.2 Å². The van der Waals surface area contributed by atoms with E-state index in [9.17, 15) is 14.0 Å². The number of rotatable bonds is 6. The van der Waals surface area contributed by atoms with Gasteiger partial charge in [-0.05, 0) is 26.0 Å². The van der Waals surface area contributed by atoms with Gasteiger partial charge in [-0.2, -0.15) is 5.10 Å². The number of nitrogens with zero attached hydrogens (tertiary/aromatic N) is 2. The van der Waals surface area contributed by atoms with Gasteiger partial charge in [-0.1, -0.05) is 12.1 Å². The number of amides is 1. The Morgan fingerprint density at radius 3 is 2.79 bits per heavy atom. The Kier molecular flexibility index (Phi) is 5.97. The maximum absolute atomic E-state index is 14.0. The number of esters is 1. The molecule has 0 aliphatic rings. The minimum atomic E-state index is -0.445. The zero-order valence-corrected chi connectivity index (χ0v) is 14.4. The van der Waals surface area contributed by atoms with Crippen molar-refractivity contribution in [3.05, 3.63) is 41.8 Å². The third-order valence-corrected chi connectivity index (χ3v) is 4.30. The SMILES string of the molecule is COC(=O)C(C)SCC(=O)Nc1cc(C)nn1-c1ccccc1F. The van der Waals surface area contributed by atoms with E-state index in [0.29, 0.717) is 11.5 Å². The van der Waals surface area contributed by atoms with Gasteiger partial charge in [-0.25, -0.2) is 9.07 Å². The van der Waals surface area contributed by atoms with Crippen LogP contribution in [0.2, 0.25) is 0 Å². The summed E-state index contributed by atoms with van der Waals surface area (Å²) in [4.78, 5) is 23.4. The van der Waals surface area contributed by atoms with Crippen LogP contribution in [0, 0.1) is 12.7 Å². The topological polar surface area (TPSA) is 73.2 Å². The van der Waals surface area contributed by atoms with Gasteiger partial charge in [0.2, 0.25) is 5.91 Å². The van der Waals surface area contributed by atoms with Crippen molar-refractivity contribution in [3.8, 4) is 5.69 Å². The van der Waals surface area contributed by atoms with Gasteiger partial charge in [-0.15, -0.1) is 11.8 Å². The summed E-state index contributed by atoms with van der Waals surface area (Å²) in [6.45, 7) is 3.42. The molecule has 0 fully saturated rings. The molecule has 0 aliphatic heterocycles. The Hall–Kier alpha value is -2.35. The van der Waals surface area contributed by atoms with Gasteiger partial charge in [0.1, 0.15) is 22.6 Å². The van der Waals surface area contributed by atoms with Crippen molar-refractivity contribution in [1.82, 2.24) is 9.78 Å². The lowest BCUT2D eigenvalue weighted by molar-refractivity contribution is -0.139. The Morgan fingerprint density at radius 2 is 2.12 bits per heavy atom. The molecule has 1 heterocycles. The average molecular weight is 351 g/mol. The second-order valence-corrected chi connectivity index (χ2v) is 6.39. The fourth-order valence-electron chi connectivity index (χ4n) is 2.01. The number of aryl methyl sites for hydroxylation is 1. The van der Waals surface area contributed by atoms with Crippen LogP contribution in [0.1, 0.15) is 12.6 Å². The second-order valence-electron chi connectivity index (χ2n) is 5.06. The zero-order valence-electron chi connectivity index (χ0n) is 13.6. The average Bonchev–Trinajstić information content (AvgIpc) is 2.92. The number of halogens is 1. The lowest BCUT2D eigenvalue weighted by Gasteiger charge is -2.11. The fourth-order valence-corrected chi connectivity index (χ4v) is 2.72. The van der Waals surface area contributed by atoms with E-state index >= 15 is 0 Å².